The van der Waals surface area contributed by atoms with Crippen LogP contribution in [0, 0.1) is 0 Å². The predicted octanol–water partition coefficient (Wildman–Crippen LogP) is 6.01. The number of nitrogens with zero attached hydrogens (tertiary/aromatic N) is 1. The lowest BCUT2D eigenvalue weighted by Crippen LogP contribution is -2.43. The fourth-order valence-electron chi connectivity index (χ4n) is 3.28. The van der Waals surface area contributed by atoms with Crippen molar-refractivity contribution in [1.29, 1.82) is 0 Å². The molecular formula is C23H26N+. The Morgan fingerprint density at radius 3 is 1.67 bits per heavy atom. The van der Waals surface area contributed by atoms with E-state index in [4.69, 9.17) is 0 Å². The molecule has 1 heterocycles. The highest BCUT2D eigenvalue weighted by Crippen LogP contribution is 2.28. The van der Waals surface area contributed by atoms with Crippen molar-refractivity contribution in [2.45, 2.75) is 39.7 Å². The topological polar surface area (TPSA) is 3.88 Å². The molecule has 1 aromatic heterocycles. The van der Waals surface area contributed by atoms with Crippen LogP contribution < -0.4 is 4.57 Å². The molecule has 3 rings (SSSR count). The molecule has 0 aliphatic rings. The summed E-state index contributed by atoms with van der Waals surface area (Å²) in [4.78, 5) is 0. The van der Waals surface area contributed by atoms with Gasteiger partial charge in [-0.1, -0.05) is 62.4 Å². The quantitative estimate of drug-likeness (QED) is 0.519. The van der Waals surface area contributed by atoms with Crippen molar-refractivity contribution in [3.63, 3.8) is 0 Å². The largest absolute Gasteiger partial charge is 0.213 e. The molecule has 24 heavy (non-hydrogen) atoms. The van der Waals surface area contributed by atoms with Crippen molar-refractivity contribution in [2.24, 2.45) is 0 Å². The van der Waals surface area contributed by atoms with Crippen LogP contribution in [-0.4, -0.2) is 0 Å². The fourth-order valence-corrected chi connectivity index (χ4v) is 3.28. The molecule has 0 amide bonds. The Labute approximate surface area is 145 Å². The van der Waals surface area contributed by atoms with Gasteiger partial charge in [-0.05, 0) is 37.1 Å². The van der Waals surface area contributed by atoms with Gasteiger partial charge in [-0.15, -0.1) is 0 Å². The Hall–Kier alpha value is -2.41. The lowest BCUT2D eigenvalue weighted by molar-refractivity contribution is -0.713. The minimum absolute atomic E-state index is 0.419. The Morgan fingerprint density at radius 2 is 1.17 bits per heavy atom. The Balaban J connectivity index is 2.30. The third-order valence-electron chi connectivity index (χ3n) is 4.42. The Morgan fingerprint density at radius 1 is 0.625 bits per heavy atom. The van der Waals surface area contributed by atoms with Crippen molar-refractivity contribution < 1.29 is 4.57 Å². The standard InChI is InChI=1S/C23H26N/c1-17(2)22-15-21(19-11-7-5-8-12-19)16-23(24(22)18(3)4)20-13-9-6-10-14-20/h5-18H,1-4H3/q+1. The van der Waals surface area contributed by atoms with Gasteiger partial charge in [0.05, 0.1) is 0 Å². The molecule has 1 heteroatoms. The van der Waals surface area contributed by atoms with E-state index < -0.39 is 0 Å². The zero-order valence-electron chi connectivity index (χ0n) is 15.0. The first-order valence-corrected chi connectivity index (χ1v) is 8.78. The number of rotatable bonds is 4. The van der Waals surface area contributed by atoms with Gasteiger partial charge in [-0.25, -0.2) is 0 Å². The van der Waals surface area contributed by atoms with Gasteiger partial charge in [0.1, 0.15) is 0 Å². The molecule has 0 atom stereocenters. The maximum atomic E-state index is 2.48. The molecule has 0 saturated heterocycles. The smallest absolute Gasteiger partial charge is 0.193 e. The van der Waals surface area contributed by atoms with Crippen LogP contribution in [0.1, 0.15) is 45.3 Å². The van der Waals surface area contributed by atoms with Crippen molar-refractivity contribution in [3.05, 3.63) is 78.5 Å². The van der Waals surface area contributed by atoms with Crippen LogP contribution in [0.2, 0.25) is 0 Å². The monoisotopic (exact) mass is 316 g/mol. The van der Waals surface area contributed by atoms with Crippen LogP contribution in [0.3, 0.4) is 0 Å². The Kier molecular flexibility index (Phi) is 4.80. The average molecular weight is 316 g/mol. The minimum Gasteiger partial charge on any atom is -0.193 e. The highest BCUT2D eigenvalue weighted by Gasteiger charge is 2.25. The summed E-state index contributed by atoms with van der Waals surface area (Å²) < 4.78 is 2.48. The summed E-state index contributed by atoms with van der Waals surface area (Å²) in [6, 6.07) is 26.5. The number of pyridine rings is 1. The molecular weight excluding hydrogens is 290 g/mol. The molecule has 0 aliphatic heterocycles. The first-order chi connectivity index (χ1) is 11.6. The Bertz CT molecular complexity index is 802. The zero-order chi connectivity index (χ0) is 17.1. The van der Waals surface area contributed by atoms with E-state index in [0.29, 0.717) is 12.0 Å². The average Bonchev–Trinajstić information content (AvgIpc) is 2.62. The number of hydrogen-bond donors (Lipinski definition) is 0. The van der Waals surface area contributed by atoms with Crippen LogP contribution in [0.15, 0.2) is 72.8 Å². The highest BCUT2D eigenvalue weighted by atomic mass is 15.0. The maximum Gasteiger partial charge on any atom is 0.213 e. The van der Waals surface area contributed by atoms with E-state index in [-0.39, 0.29) is 0 Å². The van der Waals surface area contributed by atoms with Crippen LogP contribution in [0.4, 0.5) is 0 Å². The second kappa shape index (κ2) is 7.00. The third-order valence-corrected chi connectivity index (χ3v) is 4.42. The molecule has 0 N–H and O–H groups in total. The van der Waals surface area contributed by atoms with Gasteiger partial charge in [0, 0.05) is 23.6 Å². The summed E-state index contributed by atoms with van der Waals surface area (Å²) in [5.74, 6) is 0.471. The summed E-state index contributed by atoms with van der Waals surface area (Å²) in [5, 5.41) is 0. The second-order valence-corrected chi connectivity index (χ2v) is 6.90. The summed E-state index contributed by atoms with van der Waals surface area (Å²) in [5.41, 5.74) is 6.49. The van der Waals surface area contributed by atoms with Gasteiger partial charge in [0.15, 0.2) is 11.7 Å². The molecule has 0 bridgehead atoms. The van der Waals surface area contributed by atoms with Gasteiger partial charge in [-0.2, -0.15) is 4.57 Å². The summed E-state index contributed by atoms with van der Waals surface area (Å²) in [7, 11) is 0. The van der Waals surface area contributed by atoms with E-state index in [9.17, 15) is 0 Å². The normalized spacial score (nSPS) is 11.2. The number of aromatic nitrogens is 1. The molecule has 3 aromatic rings. The summed E-state index contributed by atoms with van der Waals surface area (Å²) in [6.07, 6.45) is 0. The second-order valence-electron chi connectivity index (χ2n) is 6.90. The molecule has 2 aromatic carbocycles. The molecule has 0 aliphatic carbocycles. The van der Waals surface area contributed by atoms with E-state index in [1.807, 2.05) is 0 Å². The van der Waals surface area contributed by atoms with Crippen molar-refractivity contribution in [1.82, 2.24) is 0 Å². The number of hydrogen-bond acceptors (Lipinski definition) is 0. The number of benzene rings is 2. The van der Waals surface area contributed by atoms with Crippen LogP contribution in [0.5, 0.6) is 0 Å². The van der Waals surface area contributed by atoms with Crippen molar-refractivity contribution in [3.8, 4) is 22.4 Å². The highest BCUT2D eigenvalue weighted by molar-refractivity contribution is 5.69. The molecule has 0 spiro atoms. The van der Waals surface area contributed by atoms with E-state index in [1.54, 1.807) is 0 Å². The SMILES string of the molecule is CC(C)c1cc(-c2ccccc2)cc(-c2ccccc2)[n+]1C(C)C. The molecule has 0 saturated carbocycles. The van der Waals surface area contributed by atoms with Crippen LogP contribution in [0.25, 0.3) is 22.4 Å². The minimum atomic E-state index is 0.419. The molecule has 0 unspecified atom stereocenters. The lowest BCUT2D eigenvalue weighted by atomic mass is 9.97. The van der Waals surface area contributed by atoms with Gasteiger partial charge in [0.25, 0.3) is 0 Å². The van der Waals surface area contributed by atoms with Crippen LogP contribution >= 0.6 is 0 Å². The zero-order valence-corrected chi connectivity index (χ0v) is 15.0. The molecule has 1 nitrogen and oxygen atoms in total. The predicted molar refractivity (Wildman–Crippen MR) is 102 cm³/mol. The summed E-state index contributed by atoms with van der Waals surface area (Å²) in [6.45, 7) is 9.08. The van der Waals surface area contributed by atoms with Gasteiger partial charge in [-0.3, -0.25) is 0 Å². The van der Waals surface area contributed by atoms with Crippen molar-refractivity contribution >= 4 is 0 Å². The van der Waals surface area contributed by atoms with E-state index in [0.717, 1.165) is 0 Å². The van der Waals surface area contributed by atoms with Gasteiger partial charge >= 0.3 is 0 Å². The van der Waals surface area contributed by atoms with Gasteiger partial charge < -0.3 is 0 Å². The first-order valence-electron chi connectivity index (χ1n) is 8.78. The first kappa shape index (κ1) is 16.4. The van der Waals surface area contributed by atoms with Gasteiger partial charge in [0.2, 0.25) is 5.69 Å². The molecule has 122 valence electrons. The van der Waals surface area contributed by atoms with Crippen LogP contribution in [-0.2, 0) is 0 Å². The van der Waals surface area contributed by atoms with Crippen molar-refractivity contribution in [2.75, 3.05) is 0 Å². The third kappa shape index (κ3) is 3.26. The molecule has 0 radical (unpaired) electrons. The molecule has 0 fully saturated rings. The van der Waals surface area contributed by atoms with E-state index >= 15 is 0 Å². The maximum absolute atomic E-state index is 2.48. The van der Waals surface area contributed by atoms with E-state index in [1.165, 1.54) is 28.1 Å². The fraction of sp³-hybridized carbons (Fsp3) is 0.261. The van der Waals surface area contributed by atoms with E-state index in [2.05, 4.69) is 105 Å². The lowest BCUT2D eigenvalue weighted by Gasteiger charge is -2.16. The summed E-state index contributed by atoms with van der Waals surface area (Å²) >= 11 is 0.